The molecule has 3 amide bonds. The van der Waals surface area contributed by atoms with Gasteiger partial charge < -0.3 is 30.2 Å². The average molecular weight is 483 g/mol. The Bertz CT molecular complexity index is 1040. The second-order valence-electron chi connectivity index (χ2n) is 9.38. The minimum absolute atomic E-state index is 0.0477. The van der Waals surface area contributed by atoms with Crippen LogP contribution in [0.3, 0.4) is 0 Å². The molecule has 1 aromatic rings. The number of amides is 3. The summed E-state index contributed by atoms with van der Waals surface area (Å²) >= 11 is 0. The fraction of sp³-hybridized carbons (Fsp3) is 0.500. The molecular weight excluding hydrogens is 448 g/mol. The number of hydrogen-bond acceptors (Lipinski definition) is 6. The Balaban J connectivity index is 1.59. The highest BCUT2D eigenvalue weighted by molar-refractivity contribution is 6.08. The summed E-state index contributed by atoms with van der Waals surface area (Å²) in [5, 5.41) is 24.3. The largest absolute Gasteiger partial charge is 0.394 e. The van der Waals surface area contributed by atoms with Crippen LogP contribution in [0.5, 0.6) is 0 Å². The van der Waals surface area contributed by atoms with Gasteiger partial charge in [-0.2, -0.15) is 0 Å². The summed E-state index contributed by atoms with van der Waals surface area (Å²) in [5.41, 5.74) is -0.177. The molecule has 188 valence electrons. The van der Waals surface area contributed by atoms with Gasteiger partial charge in [-0.05, 0) is 31.0 Å². The van der Waals surface area contributed by atoms with Crippen molar-refractivity contribution in [1.29, 1.82) is 0 Å². The summed E-state index contributed by atoms with van der Waals surface area (Å²) in [6.07, 6.45) is 6.79. The summed E-state index contributed by atoms with van der Waals surface area (Å²) in [7, 11) is 0. The Morgan fingerprint density at radius 1 is 1.34 bits per heavy atom. The van der Waals surface area contributed by atoms with Crippen molar-refractivity contribution in [3.05, 3.63) is 48.6 Å². The van der Waals surface area contributed by atoms with Crippen molar-refractivity contribution in [2.75, 3.05) is 49.1 Å². The molecule has 2 saturated heterocycles. The van der Waals surface area contributed by atoms with E-state index in [-0.39, 0.29) is 44.0 Å². The van der Waals surface area contributed by atoms with Crippen molar-refractivity contribution >= 4 is 29.1 Å². The van der Waals surface area contributed by atoms with Crippen LogP contribution in [-0.4, -0.2) is 78.2 Å². The van der Waals surface area contributed by atoms with Crippen LogP contribution in [-0.2, 0) is 20.0 Å². The van der Waals surface area contributed by atoms with Crippen LogP contribution < -0.4 is 15.1 Å². The lowest BCUT2D eigenvalue weighted by Gasteiger charge is -2.30. The monoisotopic (exact) mass is 482 g/mol. The first kappa shape index (κ1) is 25.1. The number of anilines is 2. The molecule has 3 aliphatic rings. The average Bonchev–Trinajstić information content (AvgIpc) is 3.42. The number of nitrogens with zero attached hydrogens (tertiary/aromatic N) is 3. The third kappa shape index (κ3) is 4.51. The van der Waals surface area contributed by atoms with Crippen molar-refractivity contribution in [3.63, 3.8) is 0 Å². The summed E-state index contributed by atoms with van der Waals surface area (Å²) in [6.45, 7) is 7.71. The van der Waals surface area contributed by atoms with Gasteiger partial charge in [0.15, 0.2) is 5.60 Å². The number of benzene rings is 1. The van der Waals surface area contributed by atoms with E-state index in [1.807, 2.05) is 0 Å². The van der Waals surface area contributed by atoms with Crippen LogP contribution in [0.4, 0.5) is 11.4 Å². The van der Waals surface area contributed by atoms with E-state index < -0.39 is 17.4 Å². The Labute approximate surface area is 205 Å². The second-order valence-corrected chi connectivity index (χ2v) is 9.38. The van der Waals surface area contributed by atoms with Gasteiger partial charge in [0.25, 0.3) is 5.91 Å². The van der Waals surface area contributed by atoms with Crippen LogP contribution in [0.1, 0.15) is 31.7 Å². The summed E-state index contributed by atoms with van der Waals surface area (Å²) in [5.74, 6) is -1.23. The molecule has 35 heavy (non-hydrogen) atoms. The van der Waals surface area contributed by atoms with Gasteiger partial charge in [-0.15, -0.1) is 6.58 Å². The molecule has 0 saturated carbocycles. The highest BCUT2D eigenvalue weighted by Crippen LogP contribution is 2.46. The van der Waals surface area contributed by atoms with E-state index in [9.17, 15) is 24.6 Å². The van der Waals surface area contributed by atoms with Gasteiger partial charge in [-0.3, -0.25) is 14.4 Å². The van der Waals surface area contributed by atoms with Gasteiger partial charge in [0, 0.05) is 49.8 Å². The minimum Gasteiger partial charge on any atom is -0.394 e. The molecule has 0 aromatic heterocycles. The number of carbonyl (C=O) groups excluding carboxylic acids is 3. The molecule has 1 aromatic carbocycles. The van der Waals surface area contributed by atoms with E-state index in [1.54, 1.807) is 53.2 Å². The maximum atomic E-state index is 13.5. The van der Waals surface area contributed by atoms with Gasteiger partial charge in [-0.25, -0.2) is 0 Å². The van der Waals surface area contributed by atoms with Crippen LogP contribution in [0, 0.1) is 5.92 Å². The maximum absolute atomic E-state index is 13.5. The molecule has 0 bridgehead atoms. The second kappa shape index (κ2) is 10.3. The molecule has 0 aliphatic carbocycles. The molecule has 3 N–H and O–H groups in total. The van der Waals surface area contributed by atoms with Crippen LogP contribution in [0.15, 0.2) is 43.0 Å². The van der Waals surface area contributed by atoms with Crippen molar-refractivity contribution in [3.8, 4) is 0 Å². The van der Waals surface area contributed by atoms with Gasteiger partial charge in [-0.1, -0.05) is 25.2 Å². The molecule has 3 atom stereocenters. The SMILES string of the molecule is C=CCN1C(=O)[C@](O)([C@H](C)/C=C/CC(=O)N2CCC[C@H]2CO)c2cc(N3CCNCC3=O)ccc21. The minimum atomic E-state index is -1.84. The van der Waals surface area contributed by atoms with E-state index >= 15 is 0 Å². The van der Waals surface area contributed by atoms with E-state index in [2.05, 4.69) is 11.9 Å². The first-order valence-corrected chi connectivity index (χ1v) is 12.2. The number of rotatable bonds is 8. The van der Waals surface area contributed by atoms with Crippen molar-refractivity contribution < 1.29 is 24.6 Å². The molecule has 3 heterocycles. The number of fused-ring (bicyclic) bond motifs is 1. The van der Waals surface area contributed by atoms with Gasteiger partial charge >= 0.3 is 0 Å². The van der Waals surface area contributed by atoms with E-state index in [0.717, 1.165) is 12.8 Å². The van der Waals surface area contributed by atoms with Gasteiger partial charge in [0.2, 0.25) is 11.8 Å². The third-order valence-electron chi connectivity index (χ3n) is 7.25. The zero-order valence-electron chi connectivity index (χ0n) is 20.2. The topological polar surface area (TPSA) is 113 Å². The fourth-order valence-electron chi connectivity index (χ4n) is 5.28. The van der Waals surface area contributed by atoms with Crippen LogP contribution >= 0.6 is 0 Å². The number of likely N-dealkylation sites (tertiary alicyclic amines) is 1. The molecule has 2 fully saturated rings. The Kier molecular flexibility index (Phi) is 7.39. The van der Waals surface area contributed by atoms with Crippen molar-refractivity contribution in [2.24, 2.45) is 5.92 Å². The fourth-order valence-corrected chi connectivity index (χ4v) is 5.28. The zero-order chi connectivity index (χ0) is 25.2. The lowest BCUT2D eigenvalue weighted by Crippen LogP contribution is -2.48. The van der Waals surface area contributed by atoms with Crippen molar-refractivity contribution in [2.45, 2.75) is 37.8 Å². The first-order valence-electron chi connectivity index (χ1n) is 12.2. The van der Waals surface area contributed by atoms with Crippen molar-refractivity contribution in [1.82, 2.24) is 10.2 Å². The van der Waals surface area contributed by atoms with Gasteiger partial charge in [0.05, 0.1) is 24.9 Å². The first-order chi connectivity index (χ1) is 16.8. The summed E-state index contributed by atoms with van der Waals surface area (Å²) < 4.78 is 0. The van der Waals surface area contributed by atoms with Gasteiger partial charge in [0.1, 0.15) is 0 Å². The number of carbonyl (C=O) groups is 3. The summed E-state index contributed by atoms with van der Waals surface area (Å²) in [4.78, 5) is 43.4. The smallest absolute Gasteiger partial charge is 0.264 e. The molecular formula is C26H34N4O5. The van der Waals surface area contributed by atoms with E-state index in [0.29, 0.717) is 36.6 Å². The lowest BCUT2D eigenvalue weighted by atomic mass is 9.82. The molecule has 9 nitrogen and oxygen atoms in total. The predicted octanol–water partition coefficient (Wildman–Crippen LogP) is 0.909. The maximum Gasteiger partial charge on any atom is 0.264 e. The molecule has 4 rings (SSSR count). The van der Waals surface area contributed by atoms with Crippen LogP contribution in [0.2, 0.25) is 0 Å². The number of piperazine rings is 1. The zero-order valence-corrected chi connectivity index (χ0v) is 20.2. The molecule has 0 spiro atoms. The number of aliphatic hydroxyl groups is 2. The molecule has 3 aliphatic heterocycles. The van der Waals surface area contributed by atoms with E-state index in [1.165, 1.54) is 4.90 Å². The number of aliphatic hydroxyl groups excluding tert-OH is 1. The number of nitrogens with one attached hydrogen (secondary N) is 1. The third-order valence-corrected chi connectivity index (χ3v) is 7.25. The summed E-state index contributed by atoms with van der Waals surface area (Å²) in [6, 6.07) is 5.15. The Morgan fingerprint density at radius 3 is 2.86 bits per heavy atom. The Hall–Kier alpha value is -3.01. The number of hydrogen-bond donors (Lipinski definition) is 3. The normalized spacial score (nSPS) is 25.5. The standard InChI is InChI=1S/C26H34N4O5/c1-3-12-30-22-10-9-19(29-14-11-27-16-24(29)33)15-21(22)26(35,25(30)34)18(2)6-4-8-23(32)28-13-5-7-20(28)17-31/h3-4,6,9-10,15,18,20,27,31,35H,1,5,7-8,11-14,16-17H2,2H3/b6-4+/t18-,20+,26+/m1/s1. The molecule has 0 radical (unpaired) electrons. The highest BCUT2D eigenvalue weighted by Gasteiger charge is 2.52. The highest BCUT2D eigenvalue weighted by atomic mass is 16.3. The van der Waals surface area contributed by atoms with E-state index in [4.69, 9.17) is 0 Å². The lowest BCUT2D eigenvalue weighted by molar-refractivity contribution is -0.139. The predicted molar refractivity (Wildman–Crippen MR) is 133 cm³/mol. The van der Waals surface area contributed by atoms with Crippen LogP contribution in [0.25, 0.3) is 0 Å². The Morgan fingerprint density at radius 2 is 2.14 bits per heavy atom. The molecule has 9 heteroatoms. The molecule has 0 unspecified atom stereocenters. The quantitative estimate of drug-likeness (QED) is 0.475.